The Morgan fingerprint density at radius 1 is 1.30 bits per heavy atom. The fourth-order valence-corrected chi connectivity index (χ4v) is 2.78. The molecule has 4 heteroatoms. The van der Waals surface area contributed by atoms with Crippen molar-refractivity contribution in [3.05, 3.63) is 35.6 Å². The molecule has 0 bridgehead atoms. The number of hydrogen-bond donors (Lipinski definition) is 0. The number of amides is 1. The van der Waals surface area contributed by atoms with Gasteiger partial charge < -0.3 is 4.90 Å². The first kappa shape index (κ1) is 14.7. The van der Waals surface area contributed by atoms with Crippen LogP contribution in [0.3, 0.4) is 0 Å². The van der Waals surface area contributed by atoms with E-state index in [1.807, 2.05) is 0 Å². The maximum atomic E-state index is 13.6. The lowest BCUT2D eigenvalue weighted by Crippen LogP contribution is -2.45. The molecule has 1 heterocycles. The van der Waals surface area contributed by atoms with Crippen molar-refractivity contribution >= 4 is 11.7 Å². The van der Waals surface area contributed by atoms with Gasteiger partial charge in [0.15, 0.2) is 0 Å². The number of Topliss-reactive ketones (excluding diaryl/α,β-unsaturated/α-hetero) is 1. The molecule has 1 aromatic rings. The Hall–Kier alpha value is -1.71. The largest absolute Gasteiger partial charge is 0.339 e. The van der Waals surface area contributed by atoms with E-state index in [4.69, 9.17) is 0 Å². The van der Waals surface area contributed by atoms with Crippen LogP contribution in [0.5, 0.6) is 0 Å². The number of ketones is 1. The van der Waals surface area contributed by atoms with E-state index in [-0.39, 0.29) is 30.0 Å². The van der Waals surface area contributed by atoms with Gasteiger partial charge in [-0.1, -0.05) is 18.2 Å². The molecular formula is C16H20FNO2. The predicted molar refractivity (Wildman–Crippen MR) is 74.8 cm³/mol. The maximum absolute atomic E-state index is 13.6. The number of hydrogen-bond acceptors (Lipinski definition) is 2. The Labute approximate surface area is 118 Å². The van der Waals surface area contributed by atoms with Gasteiger partial charge in [-0.05, 0) is 37.8 Å². The van der Waals surface area contributed by atoms with Gasteiger partial charge in [0.1, 0.15) is 11.6 Å². The van der Waals surface area contributed by atoms with Crippen LogP contribution in [0.4, 0.5) is 4.39 Å². The molecule has 1 atom stereocenters. The van der Waals surface area contributed by atoms with Crippen LogP contribution < -0.4 is 0 Å². The van der Waals surface area contributed by atoms with Crippen LogP contribution in [0.25, 0.3) is 0 Å². The number of nitrogens with zero attached hydrogens (tertiary/aromatic N) is 1. The Morgan fingerprint density at radius 2 is 2.05 bits per heavy atom. The maximum Gasteiger partial charge on any atom is 0.227 e. The number of carbonyl (C=O) groups is 2. The first-order valence-corrected chi connectivity index (χ1v) is 7.10. The lowest BCUT2D eigenvalue weighted by atomic mass is 9.97. The van der Waals surface area contributed by atoms with Gasteiger partial charge in [-0.3, -0.25) is 9.59 Å². The van der Waals surface area contributed by atoms with Crippen LogP contribution in [0.2, 0.25) is 0 Å². The Bertz CT molecular complexity index is 501. The topological polar surface area (TPSA) is 37.4 Å². The van der Waals surface area contributed by atoms with Gasteiger partial charge in [0.2, 0.25) is 5.91 Å². The van der Waals surface area contributed by atoms with E-state index in [0.29, 0.717) is 18.5 Å². The van der Waals surface area contributed by atoms with E-state index in [0.717, 1.165) is 19.3 Å². The van der Waals surface area contributed by atoms with Gasteiger partial charge in [-0.2, -0.15) is 0 Å². The van der Waals surface area contributed by atoms with Crippen LogP contribution >= 0.6 is 0 Å². The number of carbonyl (C=O) groups excluding carboxylic acids is 2. The highest BCUT2D eigenvalue weighted by molar-refractivity contribution is 5.81. The molecule has 1 saturated heterocycles. The zero-order chi connectivity index (χ0) is 14.5. The lowest BCUT2D eigenvalue weighted by molar-refractivity contribution is -0.135. The highest BCUT2D eigenvalue weighted by Crippen LogP contribution is 2.21. The molecule has 1 amide bonds. The van der Waals surface area contributed by atoms with Crippen LogP contribution in [0, 0.1) is 5.82 Å². The fourth-order valence-electron chi connectivity index (χ4n) is 2.78. The van der Waals surface area contributed by atoms with Gasteiger partial charge in [0.25, 0.3) is 0 Å². The molecular weight excluding hydrogens is 257 g/mol. The highest BCUT2D eigenvalue weighted by Gasteiger charge is 2.27. The molecule has 1 unspecified atom stereocenters. The molecule has 0 aromatic heterocycles. The summed E-state index contributed by atoms with van der Waals surface area (Å²) in [5.74, 6) is -0.331. The SMILES string of the molecule is CC(=O)CC1CCCCN1C(=O)Cc1ccccc1F. The van der Waals surface area contributed by atoms with E-state index < -0.39 is 0 Å². The highest BCUT2D eigenvalue weighted by atomic mass is 19.1. The summed E-state index contributed by atoms with van der Waals surface area (Å²) in [6.07, 6.45) is 3.34. The Morgan fingerprint density at radius 3 is 2.75 bits per heavy atom. The summed E-state index contributed by atoms with van der Waals surface area (Å²) in [5, 5.41) is 0. The zero-order valence-corrected chi connectivity index (χ0v) is 11.8. The molecule has 20 heavy (non-hydrogen) atoms. The third kappa shape index (κ3) is 3.65. The van der Waals surface area contributed by atoms with Crippen LogP contribution in [0.1, 0.15) is 38.2 Å². The standard InChI is InChI=1S/C16H20FNO2/c1-12(19)10-14-7-4-5-9-18(14)16(20)11-13-6-2-3-8-15(13)17/h2-3,6,8,14H,4-5,7,9-11H2,1H3. The molecule has 0 saturated carbocycles. The van der Waals surface area contributed by atoms with Gasteiger partial charge in [0, 0.05) is 19.0 Å². The summed E-state index contributed by atoms with van der Waals surface area (Å²) in [6.45, 7) is 2.22. The first-order valence-electron chi connectivity index (χ1n) is 7.10. The van der Waals surface area contributed by atoms with E-state index in [9.17, 15) is 14.0 Å². The normalized spacial score (nSPS) is 18.9. The van der Waals surface area contributed by atoms with E-state index in [1.54, 1.807) is 30.0 Å². The fraction of sp³-hybridized carbons (Fsp3) is 0.500. The molecule has 108 valence electrons. The molecule has 3 nitrogen and oxygen atoms in total. The van der Waals surface area contributed by atoms with Gasteiger partial charge in [-0.25, -0.2) is 4.39 Å². The molecule has 2 rings (SSSR count). The molecule has 0 radical (unpaired) electrons. The van der Waals surface area contributed by atoms with Crippen LogP contribution in [-0.4, -0.2) is 29.2 Å². The molecule has 0 spiro atoms. The van der Waals surface area contributed by atoms with Crippen molar-refractivity contribution in [2.24, 2.45) is 0 Å². The van der Waals surface area contributed by atoms with Gasteiger partial charge in [-0.15, -0.1) is 0 Å². The Balaban J connectivity index is 2.06. The predicted octanol–water partition coefficient (Wildman–Crippen LogP) is 2.73. The third-order valence-corrected chi connectivity index (χ3v) is 3.77. The summed E-state index contributed by atoms with van der Waals surface area (Å²) in [4.78, 5) is 25.4. The smallest absolute Gasteiger partial charge is 0.227 e. The first-order chi connectivity index (χ1) is 9.58. The molecule has 0 aliphatic carbocycles. The van der Waals surface area contributed by atoms with Crippen molar-refractivity contribution < 1.29 is 14.0 Å². The Kier molecular flexibility index (Phi) is 4.88. The van der Waals surface area contributed by atoms with E-state index in [2.05, 4.69) is 0 Å². The average Bonchev–Trinajstić information content (AvgIpc) is 2.41. The summed E-state index contributed by atoms with van der Waals surface area (Å²) in [5.41, 5.74) is 0.421. The molecule has 1 aliphatic rings. The molecule has 1 fully saturated rings. The van der Waals surface area contributed by atoms with Crippen molar-refractivity contribution in [3.63, 3.8) is 0 Å². The quantitative estimate of drug-likeness (QED) is 0.848. The second-order valence-corrected chi connectivity index (χ2v) is 5.41. The minimum atomic E-state index is -0.346. The molecule has 1 aliphatic heterocycles. The number of rotatable bonds is 4. The number of piperidine rings is 1. The lowest BCUT2D eigenvalue weighted by Gasteiger charge is -2.35. The van der Waals surface area contributed by atoms with Crippen molar-refractivity contribution in [2.45, 2.75) is 45.1 Å². The number of benzene rings is 1. The number of likely N-dealkylation sites (tertiary alicyclic amines) is 1. The second-order valence-electron chi connectivity index (χ2n) is 5.41. The summed E-state index contributed by atoms with van der Waals surface area (Å²) >= 11 is 0. The minimum absolute atomic E-state index is 0.0134. The summed E-state index contributed by atoms with van der Waals surface area (Å²) in [6, 6.07) is 6.33. The molecule has 0 N–H and O–H groups in total. The monoisotopic (exact) mass is 277 g/mol. The van der Waals surface area contributed by atoms with Gasteiger partial charge in [0.05, 0.1) is 6.42 Å². The average molecular weight is 277 g/mol. The van der Waals surface area contributed by atoms with Crippen molar-refractivity contribution in [2.75, 3.05) is 6.54 Å². The third-order valence-electron chi connectivity index (χ3n) is 3.77. The van der Waals surface area contributed by atoms with E-state index in [1.165, 1.54) is 6.07 Å². The van der Waals surface area contributed by atoms with Crippen LogP contribution in [-0.2, 0) is 16.0 Å². The van der Waals surface area contributed by atoms with Crippen molar-refractivity contribution in [1.29, 1.82) is 0 Å². The van der Waals surface area contributed by atoms with Crippen molar-refractivity contribution in [1.82, 2.24) is 4.90 Å². The summed E-state index contributed by atoms with van der Waals surface area (Å²) in [7, 11) is 0. The second kappa shape index (κ2) is 6.64. The molecule has 1 aromatic carbocycles. The van der Waals surface area contributed by atoms with Gasteiger partial charge >= 0.3 is 0 Å². The van der Waals surface area contributed by atoms with Crippen molar-refractivity contribution in [3.8, 4) is 0 Å². The van der Waals surface area contributed by atoms with Crippen LogP contribution in [0.15, 0.2) is 24.3 Å². The zero-order valence-electron chi connectivity index (χ0n) is 11.8. The minimum Gasteiger partial charge on any atom is -0.339 e. The summed E-state index contributed by atoms with van der Waals surface area (Å²) < 4.78 is 13.6. The van der Waals surface area contributed by atoms with E-state index >= 15 is 0 Å². The number of halogens is 1.